The van der Waals surface area contributed by atoms with Crippen molar-refractivity contribution in [2.45, 2.75) is 13.3 Å². The van der Waals surface area contributed by atoms with E-state index in [0.29, 0.717) is 12.5 Å². The molecule has 0 heterocycles. The molecule has 0 bridgehead atoms. The molecule has 108 valence electrons. The summed E-state index contributed by atoms with van der Waals surface area (Å²) >= 11 is 0. The molecular formula is C12H13FN2O5. The molecule has 20 heavy (non-hydrogen) atoms. The molecule has 0 aliphatic heterocycles. The molecule has 0 fully saturated rings. The van der Waals surface area contributed by atoms with Gasteiger partial charge in [-0.2, -0.15) is 0 Å². The quantitative estimate of drug-likeness (QED) is 0.608. The van der Waals surface area contributed by atoms with Crippen LogP contribution < -0.4 is 5.32 Å². The average Bonchev–Trinajstić information content (AvgIpc) is 2.38. The number of nitrogens with one attached hydrogen (secondary N) is 1. The maximum absolute atomic E-state index is 13.5. The zero-order chi connectivity index (χ0) is 15.3. The number of nitro groups is 1. The molecule has 8 heteroatoms. The van der Waals surface area contributed by atoms with Crippen molar-refractivity contribution < 1.29 is 24.0 Å². The molecule has 1 rings (SSSR count). The van der Waals surface area contributed by atoms with Gasteiger partial charge in [-0.05, 0) is 12.5 Å². The molecule has 1 amide bonds. The number of carbonyl (C=O) groups is 2. The minimum absolute atomic E-state index is 0.138. The van der Waals surface area contributed by atoms with Crippen LogP contribution in [0, 0.1) is 21.8 Å². The predicted molar refractivity (Wildman–Crippen MR) is 66.8 cm³/mol. The third-order valence-corrected chi connectivity index (χ3v) is 2.76. The molecule has 0 radical (unpaired) electrons. The van der Waals surface area contributed by atoms with Crippen molar-refractivity contribution in [2.24, 2.45) is 5.92 Å². The number of nitrogens with zero attached hydrogens (tertiary/aromatic N) is 1. The van der Waals surface area contributed by atoms with Gasteiger partial charge in [-0.1, -0.05) is 6.92 Å². The highest BCUT2D eigenvalue weighted by Gasteiger charge is 2.19. The number of nitro benzene ring substituents is 1. The van der Waals surface area contributed by atoms with Crippen LogP contribution in [0.15, 0.2) is 18.2 Å². The topological polar surface area (TPSA) is 110 Å². The third-order valence-electron chi connectivity index (χ3n) is 2.76. The Labute approximate surface area is 113 Å². The Hall–Kier alpha value is -2.51. The van der Waals surface area contributed by atoms with Crippen LogP contribution in [0.25, 0.3) is 0 Å². The van der Waals surface area contributed by atoms with Crippen LogP contribution in [0.2, 0.25) is 0 Å². The Morgan fingerprint density at radius 2 is 2.15 bits per heavy atom. The summed E-state index contributed by atoms with van der Waals surface area (Å²) in [4.78, 5) is 32.1. The third kappa shape index (κ3) is 3.74. The van der Waals surface area contributed by atoms with Gasteiger partial charge < -0.3 is 10.4 Å². The van der Waals surface area contributed by atoms with Gasteiger partial charge in [0.2, 0.25) is 0 Å². The lowest BCUT2D eigenvalue weighted by Gasteiger charge is -2.11. The summed E-state index contributed by atoms with van der Waals surface area (Å²) in [5.74, 6) is -3.66. The maximum Gasteiger partial charge on any atom is 0.308 e. The number of aliphatic carboxylic acids is 1. The molecule has 0 saturated heterocycles. The normalized spacial score (nSPS) is 11.7. The first-order valence-electron chi connectivity index (χ1n) is 5.81. The molecular weight excluding hydrogens is 271 g/mol. The lowest BCUT2D eigenvalue weighted by atomic mass is 10.1. The van der Waals surface area contributed by atoms with Crippen molar-refractivity contribution in [2.75, 3.05) is 6.54 Å². The number of carboxylic acids is 1. The molecule has 2 N–H and O–H groups in total. The van der Waals surface area contributed by atoms with Crippen LogP contribution in [0.1, 0.15) is 23.7 Å². The van der Waals surface area contributed by atoms with E-state index in [0.717, 1.165) is 12.1 Å². The van der Waals surface area contributed by atoms with Crippen molar-refractivity contribution in [1.29, 1.82) is 0 Å². The van der Waals surface area contributed by atoms with E-state index in [-0.39, 0.29) is 12.1 Å². The van der Waals surface area contributed by atoms with Crippen LogP contribution in [-0.4, -0.2) is 28.5 Å². The molecule has 0 aliphatic rings. The molecule has 1 aromatic carbocycles. The number of hydrogen-bond acceptors (Lipinski definition) is 4. The highest BCUT2D eigenvalue weighted by Crippen LogP contribution is 2.16. The van der Waals surface area contributed by atoms with Gasteiger partial charge in [0, 0.05) is 12.6 Å². The molecule has 0 spiro atoms. The Morgan fingerprint density at radius 1 is 1.50 bits per heavy atom. The van der Waals surface area contributed by atoms with E-state index in [1.807, 2.05) is 0 Å². The SMILES string of the molecule is CCC(CNC(=O)c1ccc([N+](=O)[O-])cc1F)C(=O)O. The Morgan fingerprint density at radius 3 is 2.60 bits per heavy atom. The number of carboxylic acid groups (broad SMARTS) is 1. The number of carbonyl (C=O) groups excluding carboxylic acids is 1. The first-order valence-corrected chi connectivity index (χ1v) is 5.81. The Balaban J connectivity index is 2.78. The molecule has 7 nitrogen and oxygen atoms in total. The number of hydrogen-bond donors (Lipinski definition) is 2. The maximum atomic E-state index is 13.5. The molecule has 1 unspecified atom stereocenters. The standard InChI is InChI=1S/C12H13FN2O5/c1-2-7(12(17)18)6-14-11(16)9-4-3-8(15(19)20)5-10(9)13/h3-5,7H,2,6H2,1H3,(H,14,16)(H,17,18). The van der Waals surface area contributed by atoms with Crippen molar-refractivity contribution in [3.05, 3.63) is 39.7 Å². The summed E-state index contributed by atoms with van der Waals surface area (Å²) in [5.41, 5.74) is -0.827. The zero-order valence-electron chi connectivity index (χ0n) is 10.6. The number of halogens is 1. The number of non-ortho nitro benzene ring substituents is 1. The summed E-state index contributed by atoms with van der Waals surface area (Å²) in [7, 11) is 0. The predicted octanol–water partition coefficient (Wildman–Crippen LogP) is 1.57. The zero-order valence-corrected chi connectivity index (χ0v) is 10.6. The summed E-state index contributed by atoms with van der Waals surface area (Å²) in [6.07, 6.45) is 0.318. The van der Waals surface area contributed by atoms with Gasteiger partial charge in [0.15, 0.2) is 0 Å². The van der Waals surface area contributed by atoms with Gasteiger partial charge in [0.05, 0.1) is 22.5 Å². The summed E-state index contributed by atoms with van der Waals surface area (Å²) in [6, 6.07) is 2.64. The summed E-state index contributed by atoms with van der Waals surface area (Å²) < 4.78 is 13.5. The van der Waals surface area contributed by atoms with Gasteiger partial charge in [-0.3, -0.25) is 19.7 Å². The van der Waals surface area contributed by atoms with E-state index in [1.165, 1.54) is 0 Å². The van der Waals surface area contributed by atoms with Gasteiger partial charge in [-0.15, -0.1) is 0 Å². The fourth-order valence-electron chi connectivity index (χ4n) is 1.52. The summed E-state index contributed by atoms with van der Waals surface area (Å²) in [6.45, 7) is 1.51. The second-order valence-electron chi connectivity index (χ2n) is 4.07. The van der Waals surface area contributed by atoms with Gasteiger partial charge in [0.1, 0.15) is 5.82 Å². The van der Waals surface area contributed by atoms with Crippen molar-refractivity contribution in [3.63, 3.8) is 0 Å². The minimum Gasteiger partial charge on any atom is -0.481 e. The molecule has 1 atom stereocenters. The molecule has 1 aromatic rings. The average molecular weight is 284 g/mol. The van der Waals surface area contributed by atoms with E-state index in [9.17, 15) is 24.1 Å². The first kappa shape index (κ1) is 15.5. The van der Waals surface area contributed by atoms with E-state index < -0.39 is 34.2 Å². The van der Waals surface area contributed by atoms with Crippen LogP contribution in [0.5, 0.6) is 0 Å². The Bertz CT molecular complexity index is 547. The van der Waals surface area contributed by atoms with Crippen molar-refractivity contribution >= 4 is 17.6 Å². The van der Waals surface area contributed by atoms with Gasteiger partial charge >= 0.3 is 5.97 Å². The Kier molecular flexibility index (Phi) is 5.13. The highest BCUT2D eigenvalue weighted by atomic mass is 19.1. The number of benzene rings is 1. The first-order chi connectivity index (χ1) is 9.36. The lowest BCUT2D eigenvalue weighted by molar-refractivity contribution is -0.385. The largest absolute Gasteiger partial charge is 0.481 e. The van der Waals surface area contributed by atoms with E-state index in [1.54, 1.807) is 6.92 Å². The minimum atomic E-state index is -1.06. The fourth-order valence-corrected chi connectivity index (χ4v) is 1.52. The smallest absolute Gasteiger partial charge is 0.308 e. The number of amides is 1. The monoisotopic (exact) mass is 284 g/mol. The van der Waals surface area contributed by atoms with Gasteiger partial charge in [-0.25, -0.2) is 4.39 Å². The van der Waals surface area contributed by atoms with Crippen LogP contribution >= 0.6 is 0 Å². The highest BCUT2D eigenvalue weighted by molar-refractivity contribution is 5.94. The molecule has 0 aromatic heterocycles. The second-order valence-corrected chi connectivity index (χ2v) is 4.07. The van der Waals surface area contributed by atoms with Gasteiger partial charge in [0.25, 0.3) is 11.6 Å². The summed E-state index contributed by atoms with van der Waals surface area (Å²) in [5, 5.41) is 21.5. The number of rotatable bonds is 6. The van der Waals surface area contributed by atoms with Crippen molar-refractivity contribution in [1.82, 2.24) is 5.32 Å². The van der Waals surface area contributed by atoms with Crippen LogP contribution in [0.4, 0.5) is 10.1 Å². The van der Waals surface area contributed by atoms with E-state index in [4.69, 9.17) is 5.11 Å². The van der Waals surface area contributed by atoms with E-state index >= 15 is 0 Å². The fraction of sp³-hybridized carbons (Fsp3) is 0.333. The van der Waals surface area contributed by atoms with Crippen LogP contribution in [-0.2, 0) is 4.79 Å². The molecule has 0 aliphatic carbocycles. The van der Waals surface area contributed by atoms with E-state index in [2.05, 4.69) is 5.32 Å². The van der Waals surface area contributed by atoms with Crippen LogP contribution in [0.3, 0.4) is 0 Å². The van der Waals surface area contributed by atoms with Crippen molar-refractivity contribution in [3.8, 4) is 0 Å². The lowest BCUT2D eigenvalue weighted by Crippen LogP contribution is -2.33. The molecule has 0 saturated carbocycles. The second kappa shape index (κ2) is 6.60.